The summed E-state index contributed by atoms with van der Waals surface area (Å²) in [4.78, 5) is 14.2. The van der Waals surface area contributed by atoms with Crippen molar-refractivity contribution in [3.05, 3.63) is 17.5 Å². The van der Waals surface area contributed by atoms with Crippen molar-refractivity contribution in [3.8, 4) is 0 Å². The molecular weight excluding hydrogens is 218 g/mol. The summed E-state index contributed by atoms with van der Waals surface area (Å²) in [7, 11) is 0. The molecule has 5 nitrogen and oxygen atoms in total. The van der Waals surface area contributed by atoms with E-state index in [0.29, 0.717) is 17.2 Å². The molecule has 2 saturated heterocycles. The number of carbonyl (C=O) groups is 1. The Kier molecular flexibility index (Phi) is 2.63. The van der Waals surface area contributed by atoms with Gasteiger partial charge < -0.3 is 14.7 Å². The van der Waals surface area contributed by atoms with Gasteiger partial charge in [0.1, 0.15) is 11.8 Å². The molecule has 0 bridgehead atoms. The van der Waals surface area contributed by atoms with Crippen LogP contribution in [0.2, 0.25) is 0 Å². The van der Waals surface area contributed by atoms with Crippen LogP contribution < -0.4 is 5.32 Å². The zero-order chi connectivity index (χ0) is 11.8. The molecule has 1 aromatic rings. The van der Waals surface area contributed by atoms with Gasteiger partial charge in [-0.1, -0.05) is 5.16 Å². The molecule has 1 aromatic heterocycles. The minimum absolute atomic E-state index is 0.0640. The van der Waals surface area contributed by atoms with Crippen LogP contribution in [0.15, 0.2) is 10.8 Å². The van der Waals surface area contributed by atoms with E-state index in [1.165, 1.54) is 6.26 Å². The number of fused-ring (bicyclic) bond motifs is 1. The molecule has 92 valence electrons. The summed E-state index contributed by atoms with van der Waals surface area (Å²) in [5.41, 5.74) is 1.29. The van der Waals surface area contributed by atoms with Crippen LogP contribution in [0.4, 0.5) is 0 Å². The smallest absolute Gasteiger partial charge is 0.259 e. The van der Waals surface area contributed by atoms with Crippen LogP contribution in [0.3, 0.4) is 0 Å². The maximum absolute atomic E-state index is 12.3. The molecule has 0 aliphatic carbocycles. The number of rotatable bonds is 1. The van der Waals surface area contributed by atoms with Crippen molar-refractivity contribution in [1.82, 2.24) is 15.4 Å². The molecule has 0 radical (unpaired) electrons. The molecule has 2 unspecified atom stereocenters. The molecule has 0 saturated carbocycles. The van der Waals surface area contributed by atoms with Gasteiger partial charge in [0.25, 0.3) is 5.91 Å². The van der Waals surface area contributed by atoms with Crippen LogP contribution in [-0.2, 0) is 0 Å². The van der Waals surface area contributed by atoms with Crippen LogP contribution in [0, 0.1) is 18.8 Å². The first kappa shape index (κ1) is 10.8. The van der Waals surface area contributed by atoms with Crippen molar-refractivity contribution < 1.29 is 9.32 Å². The molecule has 2 atom stereocenters. The third-order valence-corrected chi connectivity index (χ3v) is 3.97. The van der Waals surface area contributed by atoms with Crippen LogP contribution in [0.5, 0.6) is 0 Å². The van der Waals surface area contributed by atoms with Crippen molar-refractivity contribution in [2.45, 2.75) is 13.3 Å². The summed E-state index contributed by atoms with van der Waals surface area (Å²) in [6.45, 7) is 5.67. The van der Waals surface area contributed by atoms with E-state index in [2.05, 4.69) is 10.5 Å². The van der Waals surface area contributed by atoms with Crippen LogP contribution >= 0.6 is 0 Å². The number of nitrogens with one attached hydrogen (secondary N) is 1. The van der Waals surface area contributed by atoms with Crippen molar-refractivity contribution in [1.29, 1.82) is 0 Å². The van der Waals surface area contributed by atoms with Gasteiger partial charge in [0.15, 0.2) is 0 Å². The quantitative estimate of drug-likeness (QED) is 0.777. The summed E-state index contributed by atoms with van der Waals surface area (Å²) < 4.78 is 4.83. The fraction of sp³-hybridized carbons (Fsp3) is 0.667. The highest BCUT2D eigenvalue weighted by Crippen LogP contribution is 2.27. The molecule has 0 spiro atoms. The number of carbonyl (C=O) groups excluding carboxylic acids is 1. The number of likely N-dealkylation sites (tertiary alicyclic amines) is 1. The SMILES string of the molecule is Cc1nocc1C(=O)N1CCC2CNCC2C1. The average Bonchev–Trinajstić information content (AvgIpc) is 2.95. The molecule has 1 amide bonds. The second-order valence-corrected chi connectivity index (χ2v) is 5.03. The standard InChI is InChI=1S/C12H17N3O2/c1-8-11(7-17-14-8)12(16)15-3-2-9-4-13-5-10(9)6-15/h7,9-10,13H,2-6H2,1H3. The van der Waals surface area contributed by atoms with Gasteiger partial charge in [-0.15, -0.1) is 0 Å². The first-order valence-corrected chi connectivity index (χ1v) is 6.16. The van der Waals surface area contributed by atoms with E-state index in [4.69, 9.17) is 4.52 Å². The largest absolute Gasteiger partial charge is 0.364 e. The molecule has 17 heavy (non-hydrogen) atoms. The molecule has 3 heterocycles. The van der Waals surface area contributed by atoms with Gasteiger partial charge in [0, 0.05) is 13.1 Å². The molecule has 0 aromatic carbocycles. The fourth-order valence-electron chi connectivity index (χ4n) is 2.89. The Morgan fingerprint density at radius 3 is 3.12 bits per heavy atom. The predicted octanol–water partition coefficient (Wildman–Crippen LogP) is 0.665. The predicted molar refractivity (Wildman–Crippen MR) is 61.6 cm³/mol. The van der Waals surface area contributed by atoms with E-state index in [9.17, 15) is 4.79 Å². The molecule has 2 aliphatic rings. The number of aryl methyl sites for hydroxylation is 1. The Balaban J connectivity index is 1.73. The molecule has 1 N–H and O–H groups in total. The van der Waals surface area contributed by atoms with E-state index < -0.39 is 0 Å². The first-order valence-electron chi connectivity index (χ1n) is 6.16. The lowest BCUT2D eigenvalue weighted by molar-refractivity contribution is 0.0641. The lowest BCUT2D eigenvalue weighted by atomic mass is 9.88. The highest BCUT2D eigenvalue weighted by Gasteiger charge is 2.35. The lowest BCUT2D eigenvalue weighted by Gasteiger charge is -2.34. The normalized spacial score (nSPS) is 28.2. The molecule has 3 rings (SSSR count). The monoisotopic (exact) mass is 235 g/mol. The third kappa shape index (κ3) is 1.84. The minimum Gasteiger partial charge on any atom is -0.364 e. The molecular formula is C12H17N3O2. The van der Waals surface area contributed by atoms with E-state index in [1.807, 2.05) is 4.90 Å². The maximum Gasteiger partial charge on any atom is 0.259 e. The van der Waals surface area contributed by atoms with E-state index in [-0.39, 0.29) is 5.91 Å². The van der Waals surface area contributed by atoms with Gasteiger partial charge in [-0.3, -0.25) is 4.79 Å². The van der Waals surface area contributed by atoms with E-state index in [1.54, 1.807) is 6.92 Å². The number of hydrogen-bond acceptors (Lipinski definition) is 4. The Labute approximate surface area is 100 Å². The fourth-order valence-corrected chi connectivity index (χ4v) is 2.89. The number of piperidine rings is 1. The second kappa shape index (κ2) is 4.14. The highest BCUT2D eigenvalue weighted by molar-refractivity contribution is 5.94. The number of amides is 1. The van der Waals surface area contributed by atoms with Gasteiger partial charge in [-0.05, 0) is 38.3 Å². The molecule has 2 fully saturated rings. The van der Waals surface area contributed by atoms with E-state index >= 15 is 0 Å². The van der Waals surface area contributed by atoms with Crippen molar-refractivity contribution in [3.63, 3.8) is 0 Å². The van der Waals surface area contributed by atoms with Crippen LogP contribution in [0.1, 0.15) is 22.5 Å². The van der Waals surface area contributed by atoms with Crippen LogP contribution in [0.25, 0.3) is 0 Å². The first-order chi connectivity index (χ1) is 8.25. The van der Waals surface area contributed by atoms with Gasteiger partial charge >= 0.3 is 0 Å². The van der Waals surface area contributed by atoms with E-state index in [0.717, 1.165) is 38.5 Å². The Morgan fingerprint density at radius 2 is 2.35 bits per heavy atom. The third-order valence-electron chi connectivity index (χ3n) is 3.97. The zero-order valence-corrected chi connectivity index (χ0v) is 9.98. The summed E-state index contributed by atoms with van der Waals surface area (Å²) in [6.07, 6.45) is 2.56. The van der Waals surface area contributed by atoms with Crippen molar-refractivity contribution in [2.24, 2.45) is 11.8 Å². The minimum atomic E-state index is 0.0640. The molecule has 2 aliphatic heterocycles. The summed E-state index contributed by atoms with van der Waals surface area (Å²) in [6, 6.07) is 0. The number of nitrogens with zero attached hydrogens (tertiary/aromatic N) is 2. The van der Waals surface area contributed by atoms with Gasteiger partial charge in [0.2, 0.25) is 0 Å². The van der Waals surface area contributed by atoms with Crippen molar-refractivity contribution >= 4 is 5.91 Å². The Bertz CT molecular complexity index is 429. The summed E-state index contributed by atoms with van der Waals surface area (Å²) >= 11 is 0. The number of aromatic nitrogens is 1. The molecule has 5 heteroatoms. The van der Waals surface area contributed by atoms with Gasteiger partial charge in [-0.25, -0.2) is 0 Å². The Hall–Kier alpha value is -1.36. The maximum atomic E-state index is 12.3. The highest BCUT2D eigenvalue weighted by atomic mass is 16.5. The van der Waals surface area contributed by atoms with Crippen LogP contribution in [-0.4, -0.2) is 42.1 Å². The second-order valence-electron chi connectivity index (χ2n) is 5.03. The Morgan fingerprint density at radius 1 is 1.53 bits per heavy atom. The number of hydrogen-bond donors (Lipinski definition) is 1. The topological polar surface area (TPSA) is 58.4 Å². The lowest BCUT2D eigenvalue weighted by Crippen LogP contribution is -2.43. The van der Waals surface area contributed by atoms with Crippen molar-refractivity contribution in [2.75, 3.05) is 26.2 Å². The van der Waals surface area contributed by atoms with Gasteiger partial charge in [-0.2, -0.15) is 0 Å². The summed E-state index contributed by atoms with van der Waals surface area (Å²) in [5.74, 6) is 1.43. The zero-order valence-electron chi connectivity index (χ0n) is 9.98. The summed E-state index contributed by atoms with van der Waals surface area (Å²) in [5, 5.41) is 7.17. The average molecular weight is 235 g/mol. The van der Waals surface area contributed by atoms with Gasteiger partial charge in [0.05, 0.1) is 5.69 Å².